The number of Topliss-reactive ketones (excluding diaryl/α,β-unsaturated/α-hetero) is 1. The topological polar surface area (TPSA) is 128 Å². The summed E-state index contributed by atoms with van der Waals surface area (Å²) >= 11 is 1.04. The van der Waals surface area contributed by atoms with Crippen LogP contribution in [0.2, 0.25) is 0 Å². The lowest BCUT2D eigenvalue weighted by Gasteiger charge is -2.16. The monoisotopic (exact) mass is 420 g/mol. The predicted octanol–water partition coefficient (Wildman–Crippen LogP) is 2.35. The van der Waals surface area contributed by atoms with Gasteiger partial charge < -0.3 is 15.5 Å². The van der Waals surface area contributed by atoms with Crippen molar-refractivity contribution in [1.82, 2.24) is 14.9 Å². The number of carbonyl (C=O) groups is 3. The van der Waals surface area contributed by atoms with E-state index < -0.39 is 23.6 Å². The predicted molar refractivity (Wildman–Crippen MR) is 111 cm³/mol. The molecule has 2 heterocycles. The second kappa shape index (κ2) is 8.26. The number of carbonyl (C=O) groups excluding carboxylic acids is 3. The molecule has 0 aliphatic carbocycles. The number of aromatic nitrogens is 2. The number of furan rings is 1. The third kappa shape index (κ3) is 3.83. The van der Waals surface area contributed by atoms with Crippen LogP contribution in [0.4, 0.5) is 0 Å². The Labute approximate surface area is 174 Å². The Morgan fingerprint density at radius 3 is 2.57 bits per heavy atom. The van der Waals surface area contributed by atoms with Crippen LogP contribution in [-0.2, 0) is 16.0 Å². The number of hydrogen-bond donors (Lipinski definition) is 2. The van der Waals surface area contributed by atoms with Crippen molar-refractivity contribution in [1.29, 1.82) is 0 Å². The standard InChI is InChI=1S/C21H16N4O4S/c22-20(27)18(26)15(10-12-6-2-1-3-7-12)23-21(28)17-19(30-25-24-17)14-11-29-16-9-5-4-8-13(14)16/h1-9,11,15H,10H2,(H2,22,27)(H,23,28). The van der Waals surface area contributed by atoms with Crippen LogP contribution in [0.3, 0.4) is 0 Å². The van der Waals surface area contributed by atoms with Gasteiger partial charge in [-0.2, -0.15) is 0 Å². The normalized spacial score (nSPS) is 11.9. The summed E-state index contributed by atoms with van der Waals surface area (Å²) in [6.45, 7) is 0. The zero-order valence-electron chi connectivity index (χ0n) is 15.6. The SMILES string of the molecule is NC(=O)C(=O)C(Cc1ccccc1)NC(=O)c1nnsc1-c1coc2ccccc12. The number of fused-ring (bicyclic) bond motifs is 1. The van der Waals surface area contributed by atoms with Gasteiger partial charge in [-0.3, -0.25) is 14.4 Å². The quantitative estimate of drug-likeness (QED) is 0.442. The molecular weight excluding hydrogens is 404 g/mol. The van der Waals surface area contributed by atoms with Crippen molar-refractivity contribution in [2.24, 2.45) is 5.73 Å². The molecule has 0 radical (unpaired) electrons. The molecule has 30 heavy (non-hydrogen) atoms. The summed E-state index contributed by atoms with van der Waals surface area (Å²) in [4.78, 5) is 37.2. The van der Waals surface area contributed by atoms with Crippen LogP contribution in [0, 0.1) is 0 Å². The van der Waals surface area contributed by atoms with E-state index in [1.807, 2.05) is 30.3 Å². The molecular formula is C21H16N4O4S. The molecule has 150 valence electrons. The Balaban J connectivity index is 1.63. The first-order valence-corrected chi connectivity index (χ1v) is 9.79. The Morgan fingerprint density at radius 1 is 1.07 bits per heavy atom. The van der Waals surface area contributed by atoms with Crippen molar-refractivity contribution in [2.75, 3.05) is 0 Å². The second-order valence-electron chi connectivity index (χ2n) is 6.54. The maximum absolute atomic E-state index is 12.9. The fraction of sp³-hybridized carbons (Fsp3) is 0.0952. The molecule has 3 N–H and O–H groups in total. The number of amides is 2. The second-order valence-corrected chi connectivity index (χ2v) is 7.29. The molecule has 0 saturated heterocycles. The van der Waals surface area contributed by atoms with Gasteiger partial charge in [-0.1, -0.05) is 53.0 Å². The third-order valence-electron chi connectivity index (χ3n) is 4.58. The van der Waals surface area contributed by atoms with Crippen molar-refractivity contribution < 1.29 is 18.8 Å². The minimum atomic E-state index is -1.12. The number of benzene rings is 2. The Morgan fingerprint density at radius 2 is 1.80 bits per heavy atom. The van der Waals surface area contributed by atoms with Crippen molar-refractivity contribution >= 4 is 40.1 Å². The van der Waals surface area contributed by atoms with Crippen LogP contribution in [0.25, 0.3) is 21.4 Å². The third-order valence-corrected chi connectivity index (χ3v) is 5.34. The summed E-state index contributed by atoms with van der Waals surface area (Å²) in [6.07, 6.45) is 1.66. The van der Waals surface area contributed by atoms with E-state index in [0.717, 1.165) is 22.5 Å². The minimum Gasteiger partial charge on any atom is -0.464 e. The molecule has 1 atom stereocenters. The van der Waals surface area contributed by atoms with Gasteiger partial charge in [-0.25, -0.2) is 0 Å². The summed E-state index contributed by atoms with van der Waals surface area (Å²) in [7, 11) is 0. The average Bonchev–Trinajstić information content (AvgIpc) is 3.40. The average molecular weight is 420 g/mol. The number of primary amides is 1. The first-order chi connectivity index (χ1) is 14.5. The van der Waals surface area contributed by atoms with E-state index in [4.69, 9.17) is 10.2 Å². The number of nitrogens with zero attached hydrogens (tertiary/aromatic N) is 2. The van der Waals surface area contributed by atoms with Crippen molar-refractivity contribution in [2.45, 2.75) is 12.5 Å². The van der Waals surface area contributed by atoms with E-state index >= 15 is 0 Å². The van der Waals surface area contributed by atoms with Gasteiger partial charge >= 0.3 is 0 Å². The van der Waals surface area contributed by atoms with E-state index in [-0.39, 0.29) is 12.1 Å². The van der Waals surface area contributed by atoms with Gasteiger partial charge in [0.2, 0.25) is 5.78 Å². The van der Waals surface area contributed by atoms with Gasteiger partial charge in [0.1, 0.15) is 17.9 Å². The lowest BCUT2D eigenvalue weighted by Crippen LogP contribution is -2.47. The summed E-state index contributed by atoms with van der Waals surface area (Å²) in [5, 5.41) is 7.33. The van der Waals surface area contributed by atoms with Gasteiger partial charge in [0.05, 0.1) is 4.88 Å². The minimum absolute atomic E-state index is 0.0434. The Hall–Kier alpha value is -3.85. The fourth-order valence-electron chi connectivity index (χ4n) is 3.13. The first-order valence-electron chi connectivity index (χ1n) is 9.02. The highest BCUT2D eigenvalue weighted by Gasteiger charge is 2.28. The number of hydrogen-bond acceptors (Lipinski definition) is 7. The van der Waals surface area contributed by atoms with Gasteiger partial charge in [0, 0.05) is 17.4 Å². The summed E-state index contributed by atoms with van der Waals surface area (Å²) in [5.74, 6) is -2.63. The molecule has 2 aromatic carbocycles. The molecule has 0 saturated carbocycles. The van der Waals surface area contributed by atoms with E-state index in [2.05, 4.69) is 14.9 Å². The lowest BCUT2D eigenvalue weighted by atomic mass is 10.0. The maximum Gasteiger partial charge on any atom is 0.287 e. The van der Waals surface area contributed by atoms with Gasteiger partial charge in [-0.15, -0.1) is 5.10 Å². The number of nitrogens with two attached hydrogens (primary N) is 1. The highest BCUT2D eigenvalue weighted by Crippen LogP contribution is 2.34. The molecule has 2 aromatic heterocycles. The molecule has 0 spiro atoms. The molecule has 4 rings (SSSR count). The number of nitrogens with one attached hydrogen (secondary N) is 1. The van der Waals surface area contributed by atoms with Gasteiger partial charge in [-0.05, 0) is 23.2 Å². The summed E-state index contributed by atoms with van der Waals surface area (Å²) < 4.78 is 9.43. The highest BCUT2D eigenvalue weighted by atomic mass is 32.1. The van der Waals surface area contributed by atoms with E-state index in [0.29, 0.717) is 16.0 Å². The highest BCUT2D eigenvalue weighted by molar-refractivity contribution is 7.09. The molecule has 4 aromatic rings. The molecule has 0 bridgehead atoms. The number of para-hydroxylation sites is 1. The van der Waals surface area contributed by atoms with Crippen LogP contribution in [-0.4, -0.2) is 33.2 Å². The number of rotatable bonds is 7. The van der Waals surface area contributed by atoms with Crippen molar-refractivity contribution in [3.8, 4) is 10.4 Å². The molecule has 0 aliphatic rings. The van der Waals surface area contributed by atoms with Crippen molar-refractivity contribution in [3.05, 3.63) is 72.1 Å². The summed E-state index contributed by atoms with van der Waals surface area (Å²) in [5.41, 5.74) is 7.33. The van der Waals surface area contributed by atoms with Crippen LogP contribution < -0.4 is 11.1 Å². The zero-order valence-corrected chi connectivity index (χ0v) is 16.4. The lowest BCUT2D eigenvalue weighted by molar-refractivity contribution is -0.137. The Bertz CT molecular complexity index is 1230. The molecule has 9 heteroatoms. The summed E-state index contributed by atoms with van der Waals surface area (Å²) in [6, 6.07) is 15.3. The van der Waals surface area contributed by atoms with Crippen molar-refractivity contribution in [3.63, 3.8) is 0 Å². The molecule has 0 aliphatic heterocycles. The van der Waals surface area contributed by atoms with Crippen LogP contribution in [0.15, 0.2) is 65.3 Å². The fourth-order valence-corrected chi connectivity index (χ4v) is 3.81. The largest absolute Gasteiger partial charge is 0.464 e. The smallest absolute Gasteiger partial charge is 0.287 e. The van der Waals surface area contributed by atoms with Crippen LogP contribution in [0.1, 0.15) is 16.1 Å². The Kier molecular flexibility index (Phi) is 5.36. The van der Waals surface area contributed by atoms with Gasteiger partial charge in [0.25, 0.3) is 11.8 Å². The molecule has 8 nitrogen and oxygen atoms in total. The molecule has 1 unspecified atom stereocenters. The number of ketones is 1. The zero-order chi connectivity index (χ0) is 21.1. The molecule has 0 fully saturated rings. The van der Waals surface area contributed by atoms with Crippen LogP contribution in [0.5, 0.6) is 0 Å². The first kappa shape index (κ1) is 19.5. The van der Waals surface area contributed by atoms with E-state index in [9.17, 15) is 14.4 Å². The van der Waals surface area contributed by atoms with Crippen LogP contribution >= 0.6 is 11.5 Å². The maximum atomic E-state index is 12.9. The van der Waals surface area contributed by atoms with E-state index in [1.54, 1.807) is 24.3 Å². The molecule has 2 amide bonds. The van der Waals surface area contributed by atoms with E-state index in [1.165, 1.54) is 6.26 Å². The van der Waals surface area contributed by atoms with Gasteiger partial charge in [0.15, 0.2) is 5.69 Å².